The van der Waals surface area contributed by atoms with Crippen molar-refractivity contribution in [3.05, 3.63) is 0 Å². The minimum atomic E-state index is -2.03. The maximum Gasteiger partial charge on any atom is 0.187 e. The van der Waals surface area contributed by atoms with Crippen LogP contribution in [0.2, 0.25) is 0 Å². The molecule has 4 aliphatic carbocycles. The van der Waals surface area contributed by atoms with Crippen LogP contribution in [0.4, 0.5) is 0 Å². The maximum absolute atomic E-state index is 14.8. The van der Waals surface area contributed by atoms with Gasteiger partial charge in [-0.3, -0.25) is 4.79 Å². The molecule has 85 heavy (non-hydrogen) atoms. The number of ketones is 1. The molecular weight excluding hydrogens is 1140 g/mol. The van der Waals surface area contributed by atoms with Crippen molar-refractivity contribution in [3.63, 3.8) is 0 Å². The smallest absolute Gasteiger partial charge is 0.187 e. The SMILES string of the molecule is C[C@H](CC[C@]1(O)O[C@H]2C[C@H]3[C@@H]4CC[C@H]5C[C@@H](O[C@@H]6O[C@H](CO)[C@@H](O[C@@H]7O[C@H](CO)[C@@H](O)[C@H](O[C@@H]8OC[C@@H](O)[C@H](O)[C@H]8O[C@@H]8O[C@H](CO)[C@H](O)[C@H](O)[C@H]8O)[C@H]7O)[C@H](O)[C@H]6O)CC[C@]5(C)[C@H]4CC(=O)[C@]3(C)[C@H]2[C@@H]1C)CO[C@@H]1O[C@H](CO)[C@@H](O)[C@H](O)[C@H]1O. The largest absolute Gasteiger partial charge is 0.394 e. The lowest BCUT2D eigenvalue weighted by molar-refractivity contribution is -0.390. The van der Waals surface area contributed by atoms with Crippen molar-refractivity contribution < 1.29 is 144 Å². The number of hydrogen-bond acceptors (Lipinski definition) is 29. The number of fused-ring (bicyclic) bond motifs is 7. The molecule has 490 valence electrons. The molecule has 0 unspecified atom stereocenters. The van der Waals surface area contributed by atoms with Crippen LogP contribution in [0, 0.1) is 52.3 Å². The van der Waals surface area contributed by atoms with Crippen LogP contribution in [-0.4, -0.2) is 298 Å². The van der Waals surface area contributed by atoms with E-state index in [1.807, 2.05) is 13.8 Å². The zero-order chi connectivity index (χ0) is 61.5. The van der Waals surface area contributed by atoms with Crippen LogP contribution < -0.4 is 0 Å². The molecule has 10 fully saturated rings. The van der Waals surface area contributed by atoms with Crippen molar-refractivity contribution in [3.8, 4) is 0 Å². The fourth-order valence-corrected chi connectivity index (χ4v) is 16.5. The highest BCUT2D eigenvalue weighted by Crippen LogP contribution is 2.70. The van der Waals surface area contributed by atoms with Gasteiger partial charge in [0, 0.05) is 30.1 Å². The van der Waals surface area contributed by atoms with Crippen LogP contribution in [0.5, 0.6) is 0 Å². The first-order valence-electron chi connectivity index (χ1n) is 30.2. The zero-order valence-corrected chi connectivity index (χ0v) is 48.2. The van der Waals surface area contributed by atoms with Crippen molar-refractivity contribution in [1.82, 2.24) is 0 Å². The van der Waals surface area contributed by atoms with E-state index in [2.05, 4.69) is 13.8 Å². The van der Waals surface area contributed by atoms with Gasteiger partial charge in [0.15, 0.2) is 37.2 Å². The Hall–Kier alpha value is -1.45. The van der Waals surface area contributed by atoms with Crippen LogP contribution in [0.25, 0.3) is 0 Å². The summed E-state index contributed by atoms with van der Waals surface area (Å²) in [7, 11) is 0. The van der Waals surface area contributed by atoms with E-state index in [1.165, 1.54) is 0 Å². The highest BCUT2D eigenvalue weighted by atomic mass is 16.8. The average Bonchev–Trinajstić information content (AvgIpc) is 1.68. The summed E-state index contributed by atoms with van der Waals surface area (Å²) >= 11 is 0. The third-order valence-corrected chi connectivity index (χ3v) is 21.7. The van der Waals surface area contributed by atoms with Gasteiger partial charge in [-0.15, -0.1) is 0 Å². The number of ether oxygens (including phenoxy) is 11. The van der Waals surface area contributed by atoms with Crippen LogP contribution >= 0.6 is 0 Å². The van der Waals surface area contributed by atoms with Gasteiger partial charge in [-0.2, -0.15) is 0 Å². The summed E-state index contributed by atoms with van der Waals surface area (Å²) in [5.41, 5.74) is -0.974. The van der Waals surface area contributed by atoms with E-state index < -0.39 is 198 Å². The van der Waals surface area contributed by atoms with Crippen molar-refractivity contribution in [1.29, 1.82) is 0 Å². The third-order valence-electron chi connectivity index (χ3n) is 21.7. The first kappa shape index (κ1) is 66.5. The van der Waals surface area contributed by atoms with Gasteiger partial charge >= 0.3 is 0 Å². The quantitative estimate of drug-likeness (QED) is 0.0568. The van der Waals surface area contributed by atoms with Crippen molar-refractivity contribution in [2.45, 2.75) is 251 Å². The predicted octanol–water partition coefficient (Wildman–Crippen LogP) is -6.31. The van der Waals surface area contributed by atoms with E-state index in [0.717, 1.165) is 12.8 Å². The summed E-state index contributed by atoms with van der Waals surface area (Å²) in [6.07, 6.45) is -35.9. The zero-order valence-electron chi connectivity index (χ0n) is 48.2. The van der Waals surface area contributed by atoms with Gasteiger partial charge in [-0.25, -0.2) is 0 Å². The van der Waals surface area contributed by atoms with Crippen LogP contribution in [0.1, 0.15) is 85.5 Å². The number of rotatable bonds is 18. The van der Waals surface area contributed by atoms with E-state index in [1.54, 1.807) is 0 Å². The number of aliphatic hydroxyl groups is 17. The fourth-order valence-electron chi connectivity index (χ4n) is 16.5. The number of aliphatic hydroxyl groups excluding tert-OH is 16. The topological polar surface area (TPSA) is 463 Å². The molecule has 10 aliphatic rings. The molecule has 10 rings (SSSR count). The van der Waals surface area contributed by atoms with Crippen molar-refractivity contribution in [2.75, 3.05) is 39.6 Å². The minimum absolute atomic E-state index is 0.0318. The molecule has 6 aliphatic heterocycles. The number of hydrogen-bond donors (Lipinski definition) is 17. The Balaban J connectivity index is 0.732. The second-order valence-electron chi connectivity index (χ2n) is 26.5. The molecule has 0 aromatic rings. The summed E-state index contributed by atoms with van der Waals surface area (Å²) in [5.74, 6) is -1.64. The molecule has 0 radical (unpaired) electrons. The maximum atomic E-state index is 14.8. The molecule has 29 nitrogen and oxygen atoms in total. The molecular formula is C56H92O29. The fraction of sp³-hybridized carbons (Fsp3) is 0.982. The molecule has 0 spiro atoms. The van der Waals surface area contributed by atoms with Crippen LogP contribution in [0.3, 0.4) is 0 Å². The highest BCUT2D eigenvalue weighted by Gasteiger charge is 2.71. The van der Waals surface area contributed by atoms with Gasteiger partial charge in [0.05, 0.1) is 51.8 Å². The molecule has 36 atom stereocenters. The van der Waals surface area contributed by atoms with Gasteiger partial charge < -0.3 is 139 Å². The van der Waals surface area contributed by atoms with Crippen molar-refractivity contribution in [2.24, 2.45) is 52.3 Å². The van der Waals surface area contributed by atoms with E-state index in [0.29, 0.717) is 38.5 Å². The predicted molar refractivity (Wildman–Crippen MR) is 279 cm³/mol. The average molecular weight is 1230 g/mol. The Labute approximate surface area is 491 Å². The van der Waals surface area contributed by atoms with E-state index in [4.69, 9.17) is 52.1 Å². The normalized spacial score (nSPS) is 54.9. The summed E-state index contributed by atoms with van der Waals surface area (Å²) < 4.78 is 64.7. The molecule has 4 saturated carbocycles. The van der Waals surface area contributed by atoms with E-state index >= 15 is 0 Å². The summed E-state index contributed by atoms with van der Waals surface area (Å²) in [6.45, 7) is 4.59. The van der Waals surface area contributed by atoms with E-state index in [9.17, 15) is 91.6 Å². The molecule has 6 heterocycles. The lowest BCUT2D eigenvalue weighted by Crippen LogP contribution is -2.67. The number of carbonyl (C=O) groups is 1. The monoisotopic (exact) mass is 1230 g/mol. The molecule has 0 aromatic heterocycles. The minimum Gasteiger partial charge on any atom is -0.394 e. The molecule has 6 saturated heterocycles. The summed E-state index contributed by atoms with van der Waals surface area (Å²) in [4.78, 5) is 14.8. The molecule has 0 amide bonds. The first-order chi connectivity index (χ1) is 40.2. The van der Waals surface area contributed by atoms with Gasteiger partial charge in [-0.05, 0) is 80.0 Å². The Morgan fingerprint density at radius 3 is 1.78 bits per heavy atom. The molecule has 17 N–H and O–H groups in total. The standard InChI is InChI=1S/C56H92O29/c1-20(18-75-49-42(70)39(67)36(64)29(14-57)78-49)7-10-56(74)21(2)34-28(85-56)12-26-24-6-5-22-11-23(8-9-54(22,3)25(24)13-33(62)55(26,34)4)77-50-44(72)41(69)46(32(17-60)81-50)82-52-45(73)47(38(66)31(16-59)80-52)83-53-48(35(63)27(61)19-76-53)84-51-43(71)40(68)37(65)30(15-58)79-51/h20-32,34-53,57-61,63-74H,5-19H2,1-4H3/t20-,21+,22+,23+,24-,25+,26+,27-,28+,29-,30-,31-,32-,34+,35+,36-,37+,38-,39+,40+,41-,42-,43-,44-,45-,46-,47+,48-,49-,50-,51+,52+,53+,54+,55-,56+/m1/s1. The lowest BCUT2D eigenvalue weighted by atomic mass is 9.44. The summed E-state index contributed by atoms with van der Waals surface area (Å²) in [5, 5.41) is 182. The highest BCUT2D eigenvalue weighted by molar-refractivity contribution is 5.87. The van der Waals surface area contributed by atoms with Gasteiger partial charge in [0.25, 0.3) is 0 Å². The second-order valence-corrected chi connectivity index (χ2v) is 26.5. The Morgan fingerprint density at radius 2 is 1.13 bits per heavy atom. The number of Topliss-reactive ketones (excluding diaryl/α,β-unsaturated/α-hetero) is 1. The van der Waals surface area contributed by atoms with Gasteiger partial charge in [-0.1, -0.05) is 27.7 Å². The van der Waals surface area contributed by atoms with Gasteiger partial charge in [0.1, 0.15) is 122 Å². The number of carbonyl (C=O) groups excluding carboxylic acids is 1. The second kappa shape index (κ2) is 26.3. The Morgan fingerprint density at radius 1 is 0.576 bits per heavy atom. The van der Waals surface area contributed by atoms with E-state index in [-0.39, 0.29) is 71.8 Å². The Bertz CT molecular complexity index is 2220. The molecule has 29 heteroatoms. The third kappa shape index (κ3) is 12.1. The Kier molecular flexibility index (Phi) is 20.5. The molecule has 0 aromatic carbocycles. The van der Waals surface area contributed by atoms with Gasteiger partial charge in [0.2, 0.25) is 0 Å². The lowest BCUT2D eigenvalue weighted by Gasteiger charge is -2.60. The van der Waals surface area contributed by atoms with Crippen molar-refractivity contribution >= 4 is 5.78 Å². The van der Waals surface area contributed by atoms with Crippen LogP contribution in [0.15, 0.2) is 0 Å². The first-order valence-corrected chi connectivity index (χ1v) is 30.2. The molecule has 0 bridgehead atoms. The summed E-state index contributed by atoms with van der Waals surface area (Å²) in [6, 6.07) is 0. The van der Waals surface area contributed by atoms with Crippen LogP contribution in [-0.2, 0) is 56.9 Å².